The molecule has 34 heavy (non-hydrogen) atoms. The summed E-state index contributed by atoms with van der Waals surface area (Å²) < 4.78 is 31.0. The van der Waals surface area contributed by atoms with Crippen LogP contribution in [0.5, 0.6) is 5.75 Å². The monoisotopic (exact) mass is 471 g/mol. The molecular weight excluding hydrogens is 445 g/mol. The van der Waals surface area contributed by atoms with Gasteiger partial charge in [0.25, 0.3) is 0 Å². The maximum Gasteiger partial charge on any atom is 0.414 e. The standard InChI is InChI=1S/C24H26FN3O6/c1-16(29)26-10-19-13-28(24(31)34-19)18-7-8-22(21(25)9-18)33-20-11-27(12-20)23(30)15-32-14-17-5-3-2-4-6-17/h2-9,19-20H,10-15H2,1H3,(H,26,29). The normalized spacial score (nSPS) is 17.8. The lowest BCUT2D eigenvalue weighted by atomic mass is 10.1. The molecule has 2 aromatic rings. The molecule has 4 rings (SSSR count). The van der Waals surface area contributed by atoms with Gasteiger partial charge in [-0.15, -0.1) is 0 Å². The zero-order valence-electron chi connectivity index (χ0n) is 18.7. The Balaban J connectivity index is 1.22. The van der Waals surface area contributed by atoms with Crippen LogP contribution in [0.1, 0.15) is 12.5 Å². The van der Waals surface area contributed by atoms with Gasteiger partial charge in [-0.1, -0.05) is 30.3 Å². The zero-order valence-corrected chi connectivity index (χ0v) is 18.7. The number of halogens is 1. The molecule has 0 aromatic heterocycles. The average molecular weight is 471 g/mol. The minimum atomic E-state index is -0.619. The summed E-state index contributed by atoms with van der Waals surface area (Å²) in [7, 11) is 0. The number of hydrogen-bond acceptors (Lipinski definition) is 6. The highest BCUT2D eigenvalue weighted by atomic mass is 19.1. The van der Waals surface area contributed by atoms with Crippen molar-refractivity contribution < 1.29 is 33.0 Å². The van der Waals surface area contributed by atoms with E-state index in [0.29, 0.717) is 25.4 Å². The summed E-state index contributed by atoms with van der Waals surface area (Å²) in [5.41, 5.74) is 1.32. The summed E-state index contributed by atoms with van der Waals surface area (Å²) in [6, 6.07) is 13.8. The van der Waals surface area contributed by atoms with Crippen molar-refractivity contribution in [1.29, 1.82) is 0 Å². The Hall–Kier alpha value is -3.66. The Morgan fingerprint density at radius 1 is 1.15 bits per heavy atom. The maximum absolute atomic E-state index is 14.6. The molecule has 0 saturated carbocycles. The number of cyclic esters (lactones) is 1. The number of nitrogens with zero attached hydrogens (tertiary/aromatic N) is 2. The number of benzene rings is 2. The van der Waals surface area contributed by atoms with Crippen LogP contribution in [-0.2, 0) is 25.7 Å². The first-order valence-electron chi connectivity index (χ1n) is 11.0. The molecule has 2 aliphatic rings. The molecule has 1 atom stereocenters. The largest absolute Gasteiger partial charge is 0.484 e. The van der Waals surface area contributed by atoms with Gasteiger partial charge in [0.05, 0.1) is 38.5 Å². The number of anilines is 1. The van der Waals surface area contributed by atoms with E-state index in [1.54, 1.807) is 11.0 Å². The molecule has 2 heterocycles. The molecule has 0 bridgehead atoms. The SMILES string of the molecule is CC(=O)NCC1CN(c2ccc(OC3CN(C(=O)COCc4ccccc4)C3)c(F)c2)C(=O)O1. The van der Waals surface area contributed by atoms with Crippen molar-refractivity contribution in [3.8, 4) is 5.75 Å². The van der Waals surface area contributed by atoms with Gasteiger partial charge in [0.15, 0.2) is 11.6 Å². The molecule has 9 nitrogen and oxygen atoms in total. The summed E-state index contributed by atoms with van der Waals surface area (Å²) in [4.78, 5) is 38.2. The van der Waals surface area contributed by atoms with E-state index in [1.165, 1.54) is 24.0 Å². The van der Waals surface area contributed by atoms with Crippen LogP contribution in [0.15, 0.2) is 48.5 Å². The van der Waals surface area contributed by atoms with Crippen LogP contribution in [0.3, 0.4) is 0 Å². The highest BCUT2D eigenvalue weighted by molar-refractivity contribution is 5.90. The third-order valence-electron chi connectivity index (χ3n) is 5.51. The van der Waals surface area contributed by atoms with E-state index in [2.05, 4.69) is 5.32 Å². The molecule has 2 fully saturated rings. The topological polar surface area (TPSA) is 97.4 Å². The predicted octanol–water partition coefficient (Wildman–Crippen LogP) is 2.09. The van der Waals surface area contributed by atoms with Gasteiger partial charge in [-0.2, -0.15) is 0 Å². The summed E-state index contributed by atoms with van der Waals surface area (Å²) in [6.45, 7) is 2.78. The van der Waals surface area contributed by atoms with E-state index in [1.807, 2.05) is 30.3 Å². The van der Waals surface area contributed by atoms with Gasteiger partial charge >= 0.3 is 6.09 Å². The van der Waals surface area contributed by atoms with Crippen LogP contribution in [0.25, 0.3) is 0 Å². The van der Waals surface area contributed by atoms with Crippen LogP contribution in [0, 0.1) is 5.82 Å². The number of ether oxygens (including phenoxy) is 3. The fourth-order valence-electron chi connectivity index (χ4n) is 3.67. The molecule has 0 radical (unpaired) electrons. The second-order valence-electron chi connectivity index (χ2n) is 8.19. The van der Waals surface area contributed by atoms with Gasteiger partial charge in [-0.3, -0.25) is 14.5 Å². The van der Waals surface area contributed by atoms with E-state index < -0.39 is 18.0 Å². The van der Waals surface area contributed by atoms with E-state index in [9.17, 15) is 18.8 Å². The van der Waals surface area contributed by atoms with Crippen molar-refractivity contribution >= 4 is 23.6 Å². The van der Waals surface area contributed by atoms with Gasteiger partial charge in [0, 0.05) is 13.0 Å². The fourth-order valence-corrected chi connectivity index (χ4v) is 3.67. The quantitative estimate of drug-likeness (QED) is 0.602. The lowest BCUT2D eigenvalue weighted by molar-refractivity contribution is -0.145. The van der Waals surface area contributed by atoms with Crippen LogP contribution in [0.2, 0.25) is 0 Å². The van der Waals surface area contributed by atoms with Gasteiger partial charge in [-0.25, -0.2) is 9.18 Å². The predicted molar refractivity (Wildman–Crippen MR) is 120 cm³/mol. The fraction of sp³-hybridized carbons (Fsp3) is 0.375. The first-order chi connectivity index (χ1) is 16.4. The smallest absolute Gasteiger partial charge is 0.414 e. The Bertz CT molecular complexity index is 1040. The first kappa shape index (κ1) is 23.5. The average Bonchev–Trinajstić information content (AvgIpc) is 3.16. The van der Waals surface area contributed by atoms with Crippen LogP contribution in [0.4, 0.5) is 14.9 Å². The van der Waals surface area contributed by atoms with Crippen molar-refractivity contribution in [2.24, 2.45) is 0 Å². The number of carbonyl (C=O) groups excluding carboxylic acids is 3. The third-order valence-corrected chi connectivity index (χ3v) is 5.51. The van der Waals surface area contributed by atoms with Gasteiger partial charge in [0.2, 0.25) is 11.8 Å². The third kappa shape index (κ3) is 5.82. The summed E-state index contributed by atoms with van der Waals surface area (Å²) in [6.07, 6.45) is -1.44. The Labute approximate surface area is 196 Å². The second kappa shape index (κ2) is 10.5. The molecule has 2 aromatic carbocycles. The zero-order chi connectivity index (χ0) is 24.1. The molecule has 0 spiro atoms. The number of hydrogen-bond donors (Lipinski definition) is 1. The highest BCUT2D eigenvalue weighted by Gasteiger charge is 2.34. The lowest BCUT2D eigenvalue weighted by Crippen LogP contribution is -2.57. The summed E-state index contributed by atoms with van der Waals surface area (Å²) in [5, 5.41) is 2.59. The lowest BCUT2D eigenvalue weighted by Gasteiger charge is -2.39. The van der Waals surface area contributed by atoms with E-state index in [0.717, 1.165) is 5.56 Å². The Morgan fingerprint density at radius 2 is 1.91 bits per heavy atom. The summed E-state index contributed by atoms with van der Waals surface area (Å²) >= 11 is 0. The van der Waals surface area contributed by atoms with Crippen molar-refractivity contribution in [1.82, 2.24) is 10.2 Å². The van der Waals surface area contributed by atoms with Crippen molar-refractivity contribution in [3.05, 3.63) is 59.9 Å². The second-order valence-corrected chi connectivity index (χ2v) is 8.19. The number of rotatable bonds is 9. The van der Waals surface area contributed by atoms with Crippen molar-refractivity contribution in [2.45, 2.75) is 25.7 Å². The molecule has 2 saturated heterocycles. The summed E-state index contributed by atoms with van der Waals surface area (Å²) in [5.74, 6) is -0.943. The molecule has 0 aliphatic carbocycles. The van der Waals surface area contributed by atoms with Crippen LogP contribution in [-0.4, -0.2) is 67.8 Å². The van der Waals surface area contributed by atoms with Gasteiger partial charge in [-0.05, 0) is 17.7 Å². The molecule has 1 N–H and O–H groups in total. The molecule has 2 aliphatic heterocycles. The number of nitrogens with one attached hydrogen (secondary N) is 1. The number of carbonyl (C=O) groups is 3. The Morgan fingerprint density at radius 3 is 2.62 bits per heavy atom. The van der Waals surface area contributed by atoms with Gasteiger partial charge < -0.3 is 24.4 Å². The molecular formula is C24H26FN3O6. The van der Waals surface area contributed by atoms with Crippen LogP contribution < -0.4 is 15.0 Å². The van der Waals surface area contributed by atoms with Crippen molar-refractivity contribution in [3.63, 3.8) is 0 Å². The number of amides is 3. The molecule has 3 amide bonds. The first-order valence-corrected chi connectivity index (χ1v) is 11.0. The highest BCUT2D eigenvalue weighted by Crippen LogP contribution is 2.28. The van der Waals surface area contributed by atoms with E-state index >= 15 is 0 Å². The molecule has 180 valence electrons. The molecule has 10 heteroatoms. The Kier molecular flexibility index (Phi) is 7.27. The van der Waals surface area contributed by atoms with E-state index in [-0.39, 0.29) is 43.4 Å². The minimum absolute atomic E-state index is 0.0282. The maximum atomic E-state index is 14.6. The van der Waals surface area contributed by atoms with Crippen molar-refractivity contribution in [2.75, 3.05) is 37.7 Å². The van der Waals surface area contributed by atoms with E-state index in [4.69, 9.17) is 14.2 Å². The van der Waals surface area contributed by atoms with Crippen LogP contribution >= 0.6 is 0 Å². The number of likely N-dealkylation sites (tertiary alicyclic amines) is 1. The van der Waals surface area contributed by atoms with Gasteiger partial charge in [0.1, 0.15) is 18.8 Å². The minimum Gasteiger partial charge on any atom is -0.484 e. The molecule has 1 unspecified atom stereocenters.